The third-order valence-electron chi connectivity index (χ3n) is 7.28. The molecule has 0 bridgehead atoms. The fourth-order valence-electron chi connectivity index (χ4n) is 4.40. The van der Waals surface area contributed by atoms with Gasteiger partial charge in [-0.05, 0) is 17.6 Å². The highest BCUT2D eigenvalue weighted by atomic mass is 28.4. The lowest BCUT2D eigenvalue weighted by molar-refractivity contribution is 0.381. The van der Waals surface area contributed by atoms with Crippen molar-refractivity contribution < 1.29 is 22.0 Å². The molecule has 0 spiro atoms. The Kier molecular flexibility index (Phi) is 10.5. The van der Waals surface area contributed by atoms with Crippen LogP contribution in [0, 0.1) is 23.3 Å². The predicted molar refractivity (Wildman–Crippen MR) is 132 cm³/mol. The van der Waals surface area contributed by atoms with Gasteiger partial charge < -0.3 is 4.43 Å². The number of hydrogen-bond donors (Lipinski definition) is 0. The Morgan fingerprint density at radius 3 is 1.65 bits per heavy atom. The topological polar surface area (TPSA) is 9.23 Å². The first-order chi connectivity index (χ1) is 14.3. The molecule has 0 aliphatic carbocycles. The van der Waals surface area contributed by atoms with E-state index in [1.54, 1.807) is 0 Å². The second-order valence-corrected chi connectivity index (χ2v) is 26.3. The van der Waals surface area contributed by atoms with Crippen molar-refractivity contribution >= 4 is 24.5 Å². The molecule has 1 nitrogen and oxygen atoms in total. The van der Waals surface area contributed by atoms with Gasteiger partial charge in [0.25, 0.3) is 8.32 Å². The van der Waals surface area contributed by atoms with Crippen molar-refractivity contribution in [2.75, 3.05) is 0 Å². The van der Waals surface area contributed by atoms with Crippen molar-refractivity contribution in [2.45, 2.75) is 109 Å². The molecule has 0 aromatic heterocycles. The molecule has 0 aliphatic rings. The molecule has 1 unspecified atom stereocenters. The van der Waals surface area contributed by atoms with E-state index >= 15 is 0 Å². The highest BCUT2D eigenvalue weighted by Gasteiger charge is 2.43. The zero-order chi connectivity index (χ0) is 24.0. The van der Waals surface area contributed by atoms with E-state index in [-0.39, 0.29) is 11.6 Å². The zero-order valence-corrected chi connectivity index (χ0v) is 23.7. The molecule has 1 aromatic carbocycles. The van der Waals surface area contributed by atoms with Gasteiger partial charge in [-0.1, -0.05) is 90.9 Å². The third-order valence-corrected chi connectivity index (χ3v) is 20.5. The first-order valence-corrected chi connectivity index (χ1v) is 20.7. The van der Waals surface area contributed by atoms with Gasteiger partial charge in [-0.3, -0.25) is 0 Å². The standard InChI is InChI=1S/C23H42F4OSi3/c1-9-30(10-2,11-3)13-12-14-31(18(4)5,16-15-29(6,7)8)28-23-21(26)19(24)17-20(25)22(23)27/h17-18H,9-16H2,1-8H3. The fraction of sp³-hybridized carbons (Fsp3) is 0.739. The first-order valence-electron chi connectivity index (χ1n) is 11.8. The largest absolute Gasteiger partial charge is 0.539 e. The van der Waals surface area contributed by atoms with Crippen molar-refractivity contribution in [3.05, 3.63) is 29.3 Å². The summed E-state index contributed by atoms with van der Waals surface area (Å²) in [4.78, 5) is 0. The molecule has 1 rings (SSSR count). The molecule has 0 fully saturated rings. The normalized spacial score (nSPS) is 14.7. The molecule has 8 heteroatoms. The van der Waals surface area contributed by atoms with Crippen LogP contribution >= 0.6 is 0 Å². The van der Waals surface area contributed by atoms with Crippen molar-refractivity contribution in [1.82, 2.24) is 0 Å². The Hall–Kier alpha value is -0.609. The molecule has 0 aliphatic heterocycles. The summed E-state index contributed by atoms with van der Waals surface area (Å²) in [5.74, 6) is -6.48. The first kappa shape index (κ1) is 28.4. The van der Waals surface area contributed by atoms with Crippen molar-refractivity contribution in [3.63, 3.8) is 0 Å². The van der Waals surface area contributed by atoms with Gasteiger partial charge in [0, 0.05) is 14.1 Å². The highest BCUT2D eigenvalue weighted by Crippen LogP contribution is 2.40. The minimum absolute atomic E-state index is 0.0786. The molecular formula is C23H42F4OSi3. The maximum absolute atomic E-state index is 14.5. The van der Waals surface area contributed by atoms with Gasteiger partial charge in [0.2, 0.25) is 11.6 Å². The Bertz CT molecular complexity index is 683. The summed E-state index contributed by atoms with van der Waals surface area (Å²) in [6, 6.07) is 7.59. The van der Waals surface area contributed by atoms with Crippen LogP contribution in [-0.4, -0.2) is 24.5 Å². The molecule has 0 N–H and O–H groups in total. The van der Waals surface area contributed by atoms with Crippen LogP contribution in [0.4, 0.5) is 17.6 Å². The average Bonchev–Trinajstić information content (AvgIpc) is 2.70. The maximum Gasteiger partial charge on any atom is 0.253 e. The van der Waals surface area contributed by atoms with Gasteiger partial charge in [-0.2, -0.15) is 8.78 Å². The lowest BCUT2D eigenvalue weighted by atomic mass is 10.3. The Labute approximate surface area is 190 Å². The highest BCUT2D eigenvalue weighted by molar-refractivity contribution is 6.82. The Morgan fingerprint density at radius 2 is 1.26 bits per heavy atom. The summed E-state index contributed by atoms with van der Waals surface area (Å²) >= 11 is 0. The predicted octanol–water partition coefficient (Wildman–Crippen LogP) is 9.21. The number of rotatable bonds is 13. The molecule has 0 saturated carbocycles. The van der Waals surface area contributed by atoms with Crippen LogP contribution in [-0.2, 0) is 0 Å². The van der Waals surface area contributed by atoms with Crippen LogP contribution < -0.4 is 4.43 Å². The van der Waals surface area contributed by atoms with Gasteiger partial charge in [-0.25, -0.2) is 8.78 Å². The summed E-state index contributed by atoms with van der Waals surface area (Å²) < 4.78 is 62.9. The van der Waals surface area contributed by atoms with Crippen LogP contribution in [0.5, 0.6) is 5.75 Å². The molecule has 1 atom stereocenters. The Morgan fingerprint density at radius 1 is 0.774 bits per heavy atom. The average molecular weight is 495 g/mol. The lowest BCUT2D eigenvalue weighted by Crippen LogP contribution is -2.47. The molecule has 1 aromatic rings. The van der Waals surface area contributed by atoms with E-state index in [1.807, 2.05) is 13.8 Å². The van der Waals surface area contributed by atoms with E-state index in [9.17, 15) is 17.6 Å². The summed E-state index contributed by atoms with van der Waals surface area (Å²) in [7, 11) is -5.51. The molecule has 0 radical (unpaired) electrons. The summed E-state index contributed by atoms with van der Waals surface area (Å²) in [5.41, 5.74) is 0.0786. The molecular weight excluding hydrogens is 453 g/mol. The molecule has 180 valence electrons. The smallest absolute Gasteiger partial charge is 0.253 e. The van der Waals surface area contributed by atoms with Crippen LogP contribution in [0.1, 0.15) is 41.0 Å². The van der Waals surface area contributed by atoms with E-state index in [0.717, 1.165) is 30.6 Å². The van der Waals surface area contributed by atoms with E-state index in [0.29, 0.717) is 0 Å². The quantitative estimate of drug-likeness (QED) is 0.151. The lowest BCUT2D eigenvalue weighted by Gasteiger charge is -2.38. The van der Waals surface area contributed by atoms with Crippen LogP contribution in [0.15, 0.2) is 6.07 Å². The van der Waals surface area contributed by atoms with E-state index in [1.165, 1.54) is 18.1 Å². The summed E-state index contributed by atoms with van der Waals surface area (Å²) in [6.07, 6.45) is 0.957. The molecule has 0 saturated heterocycles. The number of hydrogen-bond acceptors (Lipinski definition) is 1. The van der Waals surface area contributed by atoms with E-state index < -0.39 is 53.5 Å². The fourth-order valence-corrected chi connectivity index (χ4v) is 16.1. The van der Waals surface area contributed by atoms with Gasteiger partial charge in [0.1, 0.15) is 0 Å². The van der Waals surface area contributed by atoms with Crippen LogP contribution in [0.3, 0.4) is 0 Å². The van der Waals surface area contributed by atoms with Crippen LogP contribution in [0.2, 0.25) is 67.5 Å². The molecule has 0 amide bonds. The minimum atomic E-state index is -2.73. The number of halogens is 4. The van der Waals surface area contributed by atoms with Gasteiger partial charge in [0.05, 0.1) is 8.07 Å². The maximum atomic E-state index is 14.5. The second kappa shape index (κ2) is 11.5. The third kappa shape index (κ3) is 7.45. The van der Waals surface area contributed by atoms with Gasteiger partial charge in [-0.15, -0.1) is 0 Å². The van der Waals surface area contributed by atoms with E-state index in [4.69, 9.17) is 4.43 Å². The van der Waals surface area contributed by atoms with Gasteiger partial charge >= 0.3 is 0 Å². The summed E-state index contributed by atoms with van der Waals surface area (Å²) in [6.45, 7) is 17.7. The zero-order valence-electron chi connectivity index (χ0n) is 20.7. The molecule has 31 heavy (non-hydrogen) atoms. The van der Waals surface area contributed by atoms with Gasteiger partial charge in [0.15, 0.2) is 17.4 Å². The number of benzene rings is 1. The van der Waals surface area contributed by atoms with Crippen molar-refractivity contribution in [1.29, 1.82) is 0 Å². The Balaban J connectivity index is 3.33. The monoisotopic (exact) mass is 494 g/mol. The van der Waals surface area contributed by atoms with Crippen molar-refractivity contribution in [3.8, 4) is 5.75 Å². The van der Waals surface area contributed by atoms with Crippen molar-refractivity contribution in [2.24, 2.45) is 0 Å². The summed E-state index contributed by atoms with van der Waals surface area (Å²) in [5, 5.41) is 0. The SMILES string of the molecule is CC[Si](CC)(CC)CCC[Si](CC[Si](C)(C)C)(Oc1c(F)c(F)cc(F)c1F)C(C)C. The minimum Gasteiger partial charge on any atom is -0.539 e. The van der Waals surface area contributed by atoms with E-state index in [2.05, 4.69) is 40.4 Å². The van der Waals surface area contributed by atoms with Crippen LogP contribution in [0.25, 0.3) is 0 Å². The molecule has 0 heterocycles. The second-order valence-electron chi connectivity index (χ2n) is 10.6.